The lowest BCUT2D eigenvalue weighted by Gasteiger charge is -2.34. The molecular formula is C13H16O2. The minimum Gasteiger partial charge on any atom is -0.486 e. The second kappa shape index (κ2) is 3.69. The molecule has 1 aliphatic rings. The number of benzene rings is 1. The number of rotatable bonds is 2. The first-order valence-electron chi connectivity index (χ1n) is 5.46. The van der Waals surface area contributed by atoms with Crippen LogP contribution in [0.3, 0.4) is 0 Å². The highest BCUT2D eigenvalue weighted by atomic mass is 16.5. The molecule has 2 nitrogen and oxygen atoms in total. The summed E-state index contributed by atoms with van der Waals surface area (Å²) in [5, 5.41) is 0. The smallest absolute Gasteiger partial charge is 0.170 e. The highest BCUT2D eigenvalue weighted by Crippen LogP contribution is 2.35. The maximum absolute atomic E-state index is 11.9. The number of ketones is 1. The fourth-order valence-electron chi connectivity index (χ4n) is 2.19. The Balaban J connectivity index is 2.34. The molecule has 0 saturated carbocycles. The highest BCUT2D eigenvalue weighted by molar-refractivity contribution is 6.00. The zero-order valence-electron chi connectivity index (χ0n) is 9.25. The van der Waals surface area contributed by atoms with Gasteiger partial charge in [-0.1, -0.05) is 25.5 Å². The number of carbonyl (C=O) groups excluding carboxylic acids is 1. The minimum atomic E-state index is -0.305. The van der Waals surface area contributed by atoms with E-state index in [2.05, 4.69) is 6.92 Å². The van der Waals surface area contributed by atoms with Crippen LogP contribution in [0.15, 0.2) is 24.3 Å². The van der Waals surface area contributed by atoms with Gasteiger partial charge in [0, 0.05) is 0 Å². The summed E-state index contributed by atoms with van der Waals surface area (Å²) in [5.74, 6) is 0.942. The molecule has 2 heteroatoms. The topological polar surface area (TPSA) is 26.3 Å². The van der Waals surface area contributed by atoms with Gasteiger partial charge in [0.2, 0.25) is 0 Å². The number of ether oxygens (including phenoxy) is 1. The maximum atomic E-state index is 11.9. The van der Waals surface area contributed by atoms with E-state index in [9.17, 15) is 4.79 Å². The van der Waals surface area contributed by atoms with E-state index in [1.807, 2.05) is 31.2 Å². The second-order valence-electron chi connectivity index (χ2n) is 4.40. The quantitative estimate of drug-likeness (QED) is 0.739. The van der Waals surface area contributed by atoms with E-state index in [1.54, 1.807) is 0 Å². The fourth-order valence-corrected chi connectivity index (χ4v) is 2.19. The lowest BCUT2D eigenvalue weighted by atomic mass is 9.88. The van der Waals surface area contributed by atoms with Crippen LogP contribution in [0.25, 0.3) is 0 Å². The Labute approximate surface area is 90.3 Å². The molecular weight excluding hydrogens is 188 g/mol. The van der Waals surface area contributed by atoms with Gasteiger partial charge < -0.3 is 4.74 Å². The third-order valence-corrected chi connectivity index (χ3v) is 2.86. The van der Waals surface area contributed by atoms with E-state index < -0.39 is 0 Å². The van der Waals surface area contributed by atoms with E-state index in [0.29, 0.717) is 6.42 Å². The van der Waals surface area contributed by atoms with Crippen LogP contribution in [0, 0.1) is 0 Å². The molecule has 0 N–H and O–H groups in total. The molecule has 2 rings (SSSR count). The number of hydrogen-bond donors (Lipinski definition) is 0. The molecule has 1 unspecified atom stereocenters. The van der Waals surface area contributed by atoms with Gasteiger partial charge in [-0.3, -0.25) is 4.79 Å². The summed E-state index contributed by atoms with van der Waals surface area (Å²) in [4.78, 5) is 11.9. The number of Topliss-reactive ketones (excluding diaryl/α,β-unsaturated/α-hetero) is 1. The first kappa shape index (κ1) is 10.2. The molecule has 0 aliphatic carbocycles. The van der Waals surface area contributed by atoms with E-state index in [0.717, 1.165) is 24.2 Å². The summed E-state index contributed by atoms with van der Waals surface area (Å²) in [5.41, 5.74) is 0.422. The molecule has 1 atom stereocenters. The molecule has 0 radical (unpaired) electrons. The van der Waals surface area contributed by atoms with Gasteiger partial charge in [0.1, 0.15) is 11.4 Å². The van der Waals surface area contributed by atoms with Gasteiger partial charge in [-0.15, -0.1) is 0 Å². The highest BCUT2D eigenvalue weighted by Gasteiger charge is 2.35. The summed E-state index contributed by atoms with van der Waals surface area (Å²) in [6.07, 6.45) is 2.46. The Morgan fingerprint density at radius 1 is 1.40 bits per heavy atom. The summed E-state index contributed by atoms with van der Waals surface area (Å²) < 4.78 is 5.91. The molecule has 0 amide bonds. The SMILES string of the molecule is CCCC1(C)CC(=O)c2ccccc2O1. The van der Waals surface area contributed by atoms with E-state index in [1.165, 1.54) is 0 Å². The van der Waals surface area contributed by atoms with Gasteiger partial charge in [0.15, 0.2) is 5.78 Å². The summed E-state index contributed by atoms with van der Waals surface area (Å²) in [6, 6.07) is 7.50. The molecule has 0 fully saturated rings. The van der Waals surface area contributed by atoms with Crippen molar-refractivity contribution in [2.45, 2.75) is 38.7 Å². The Morgan fingerprint density at radius 3 is 2.87 bits per heavy atom. The van der Waals surface area contributed by atoms with Crippen molar-refractivity contribution >= 4 is 5.78 Å². The van der Waals surface area contributed by atoms with Crippen LogP contribution in [0.5, 0.6) is 5.75 Å². The molecule has 1 aromatic carbocycles. The van der Waals surface area contributed by atoms with Crippen LogP contribution in [0.4, 0.5) is 0 Å². The van der Waals surface area contributed by atoms with Crippen molar-refractivity contribution in [3.8, 4) is 5.75 Å². The van der Waals surface area contributed by atoms with Crippen LogP contribution in [0.1, 0.15) is 43.5 Å². The number of fused-ring (bicyclic) bond motifs is 1. The molecule has 1 aliphatic heterocycles. The standard InChI is InChI=1S/C13H16O2/c1-3-8-13(2)9-11(14)10-6-4-5-7-12(10)15-13/h4-7H,3,8-9H2,1-2H3. The van der Waals surface area contributed by atoms with Crippen LogP contribution in [-0.4, -0.2) is 11.4 Å². The van der Waals surface area contributed by atoms with Gasteiger partial charge in [-0.25, -0.2) is 0 Å². The average Bonchev–Trinajstić information content (AvgIpc) is 2.17. The molecule has 80 valence electrons. The lowest BCUT2D eigenvalue weighted by molar-refractivity contribution is 0.0465. The molecule has 15 heavy (non-hydrogen) atoms. The summed E-state index contributed by atoms with van der Waals surface area (Å²) in [6.45, 7) is 4.13. The summed E-state index contributed by atoms with van der Waals surface area (Å²) >= 11 is 0. The van der Waals surface area contributed by atoms with Crippen LogP contribution in [0.2, 0.25) is 0 Å². The Kier molecular flexibility index (Phi) is 2.51. The van der Waals surface area contributed by atoms with Crippen molar-refractivity contribution in [1.82, 2.24) is 0 Å². The predicted octanol–water partition coefficient (Wildman–Crippen LogP) is 3.21. The van der Waals surface area contributed by atoms with Crippen LogP contribution in [-0.2, 0) is 0 Å². The molecule has 0 aromatic heterocycles. The second-order valence-corrected chi connectivity index (χ2v) is 4.40. The monoisotopic (exact) mass is 204 g/mol. The zero-order valence-corrected chi connectivity index (χ0v) is 9.25. The Hall–Kier alpha value is -1.31. The predicted molar refractivity (Wildman–Crippen MR) is 59.3 cm³/mol. The summed E-state index contributed by atoms with van der Waals surface area (Å²) in [7, 11) is 0. The van der Waals surface area contributed by atoms with Crippen molar-refractivity contribution < 1.29 is 9.53 Å². The third kappa shape index (κ3) is 1.89. The number of hydrogen-bond acceptors (Lipinski definition) is 2. The number of carbonyl (C=O) groups is 1. The number of para-hydroxylation sites is 1. The molecule has 0 spiro atoms. The normalized spacial score (nSPS) is 24.5. The molecule has 0 saturated heterocycles. The molecule has 1 heterocycles. The van der Waals surface area contributed by atoms with Crippen LogP contribution >= 0.6 is 0 Å². The average molecular weight is 204 g/mol. The molecule has 0 bridgehead atoms. The van der Waals surface area contributed by atoms with Crippen molar-refractivity contribution in [2.24, 2.45) is 0 Å². The van der Waals surface area contributed by atoms with Gasteiger partial charge in [0.05, 0.1) is 12.0 Å². The van der Waals surface area contributed by atoms with Crippen molar-refractivity contribution in [3.63, 3.8) is 0 Å². The largest absolute Gasteiger partial charge is 0.486 e. The van der Waals surface area contributed by atoms with E-state index in [4.69, 9.17) is 4.74 Å². The zero-order chi connectivity index (χ0) is 10.9. The first-order valence-corrected chi connectivity index (χ1v) is 5.46. The minimum absolute atomic E-state index is 0.202. The van der Waals surface area contributed by atoms with Gasteiger partial charge in [-0.05, 0) is 25.5 Å². The first-order chi connectivity index (χ1) is 7.14. The Morgan fingerprint density at radius 2 is 2.13 bits per heavy atom. The van der Waals surface area contributed by atoms with Crippen LogP contribution < -0.4 is 4.74 Å². The third-order valence-electron chi connectivity index (χ3n) is 2.86. The van der Waals surface area contributed by atoms with Crippen molar-refractivity contribution in [2.75, 3.05) is 0 Å². The van der Waals surface area contributed by atoms with E-state index >= 15 is 0 Å². The van der Waals surface area contributed by atoms with E-state index in [-0.39, 0.29) is 11.4 Å². The molecule has 1 aromatic rings. The van der Waals surface area contributed by atoms with Gasteiger partial charge in [-0.2, -0.15) is 0 Å². The maximum Gasteiger partial charge on any atom is 0.170 e. The van der Waals surface area contributed by atoms with Gasteiger partial charge >= 0.3 is 0 Å². The fraction of sp³-hybridized carbons (Fsp3) is 0.462. The lowest BCUT2D eigenvalue weighted by Crippen LogP contribution is -2.38. The van der Waals surface area contributed by atoms with Gasteiger partial charge in [0.25, 0.3) is 0 Å². The van der Waals surface area contributed by atoms with Crippen molar-refractivity contribution in [3.05, 3.63) is 29.8 Å². The van der Waals surface area contributed by atoms with Crippen molar-refractivity contribution in [1.29, 1.82) is 0 Å². The Bertz CT molecular complexity index is 384.